The molecular formula is C11H18O2. The summed E-state index contributed by atoms with van der Waals surface area (Å²) >= 11 is 0. The molecule has 2 bridgehead atoms. The summed E-state index contributed by atoms with van der Waals surface area (Å²) in [5, 5.41) is 9.67. The third kappa shape index (κ3) is 1.15. The topological polar surface area (TPSA) is 37.3 Å². The summed E-state index contributed by atoms with van der Waals surface area (Å²) in [5.74, 6) is 0.781. The fourth-order valence-corrected chi connectivity index (χ4v) is 2.93. The van der Waals surface area contributed by atoms with E-state index in [1.54, 1.807) is 0 Å². The molecule has 2 fully saturated rings. The zero-order valence-electron chi connectivity index (χ0n) is 8.42. The summed E-state index contributed by atoms with van der Waals surface area (Å²) < 4.78 is 0. The van der Waals surface area contributed by atoms with Gasteiger partial charge in [0.05, 0.1) is 6.10 Å². The van der Waals surface area contributed by atoms with Crippen molar-refractivity contribution in [2.75, 3.05) is 0 Å². The van der Waals surface area contributed by atoms with Crippen LogP contribution in [0.2, 0.25) is 0 Å². The molecule has 2 nitrogen and oxygen atoms in total. The van der Waals surface area contributed by atoms with Gasteiger partial charge < -0.3 is 5.11 Å². The van der Waals surface area contributed by atoms with E-state index in [9.17, 15) is 9.90 Å². The van der Waals surface area contributed by atoms with Gasteiger partial charge in [0.2, 0.25) is 0 Å². The molecule has 0 saturated heterocycles. The van der Waals surface area contributed by atoms with E-state index < -0.39 is 0 Å². The predicted octanol–water partition coefficient (Wildman–Crippen LogP) is 1.76. The first kappa shape index (κ1) is 9.20. The van der Waals surface area contributed by atoms with Gasteiger partial charge in [0.1, 0.15) is 5.78 Å². The molecule has 2 aliphatic rings. The van der Waals surface area contributed by atoms with E-state index in [0.717, 1.165) is 25.7 Å². The SMILES string of the molecule is C[C@@H]1CC[C@@H]2C(=O)[C@@]1(C)CC[C@@H]2O. The molecular weight excluding hydrogens is 164 g/mol. The molecule has 0 heterocycles. The second-order valence-electron chi connectivity index (χ2n) is 4.97. The van der Waals surface area contributed by atoms with Crippen LogP contribution >= 0.6 is 0 Å². The lowest BCUT2D eigenvalue weighted by atomic mass is 9.56. The number of aliphatic hydroxyl groups excluding tert-OH is 1. The van der Waals surface area contributed by atoms with Crippen LogP contribution < -0.4 is 0 Å². The smallest absolute Gasteiger partial charge is 0.144 e. The molecule has 0 amide bonds. The van der Waals surface area contributed by atoms with Crippen LogP contribution in [-0.4, -0.2) is 17.0 Å². The minimum absolute atomic E-state index is 0.0463. The maximum Gasteiger partial charge on any atom is 0.144 e. The zero-order chi connectivity index (χ0) is 9.64. The number of rotatable bonds is 0. The van der Waals surface area contributed by atoms with Gasteiger partial charge in [-0.25, -0.2) is 0 Å². The lowest BCUT2D eigenvalue weighted by Gasteiger charge is -2.47. The molecule has 0 aliphatic heterocycles. The largest absolute Gasteiger partial charge is 0.392 e. The summed E-state index contributed by atoms with van der Waals surface area (Å²) in [6.07, 6.45) is 3.34. The fourth-order valence-electron chi connectivity index (χ4n) is 2.93. The Morgan fingerprint density at radius 2 is 2.08 bits per heavy atom. The van der Waals surface area contributed by atoms with Crippen LogP contribution in [-0.2, 0) is 4.79 Å². The molecule has 4 atom stereocenters. The van der Waals surface area contributed by atoms with Crippen LogP contribution in [0.15, 0.2) is 0 Å². The van der Waals surface area contributed by atoms with Crippen molar-refractivity contribution in [1.29, 1.82) is 0 Å². The third-order valence-electron chi connectivity index (χ3n) is 4.32. The number of carbonyl (C=O) groups is 1. The molecule has 2 rings (SSSR count). The average molecular weight is 182 g/mol. The van der Waals surface area contributed by atoms with Crippen molar-refractivity contribution >= 4 is 5.78 Å². The molecule has 2 heteroatoms. The highest BCUT2D eigenvalue weighted by molar-refractivity contribution is 5.89. The number of hydrogen-bond acceptors (Lipinski definition) is 2. The quantitative estimate of drug-likeness (QED) is 0.620. The highest BCUT2D eigenvalue weighted by Gasteiger charge is 2.50. The van der Waals surface area contributed by atoms with Crippen molar-refractivity contribution < 1.29 is 9.90 Å². The highest BCUT2D eigenvalue weighted by atomic mass is 16.3. The number of carbonyl (C=O) groups excluding carboxylic acids is 1. The molecule has 2 saturated carbocycles. The first-order valence-electron chi connectivity index (χ1n) is 5.28. The molecule has 2 aliphatic carbocycles. The van der Waals surface area contributed by atoms with Crippen LogP contribution in [0.3, 0.4) is 0 Å². The van der Waals surface area contributed by atoms with E-state index in [2.05, 4.69) is 13.8 Å². The molecule has 0 unspecified atom stereocenters. The van der Waals surface area contributed by atoms with Crippen molar-refractivity contribution in [2.24, 2.45) is 17.3 Å². The number of ketones is 1. The standard InChI is InChI=1S/C11H18O2/c1-7-3-4-8-9(12)5-6-11(7,2)10(8)13/h7-9,12H,3-6H2,1-2H3/t7-,8+,9+,11+/m1/s1. The van der Waals surface area contributed by atoms with Gasteiger partial charge in [-0.1, -0.05) is 13.8 Å². The predicted molar refractivity (Wildman–Crippen MR) is 50.2 cm³/mol. The highest BCUT2D eigenvalue weighted by Crippen LogP contribution is 2.49. The normalized spacial score (nSPS) is 50.7. The molecule has 0 aromatic rings. The van der Waals surface area contributed by atoms with E-state index in [0.29, 0.717) is 11.7 Å². The number of Topliss-reactive ketones (excluding diaryl/α,β-unsaturated/α-hetero) is 1. The maximum absolute atomic E-state index is 12.0. The van der Waals surface area contributed by atoms with E-state index in [4.69, 9.17) is 0 Å². The van der Waals surface area contributed by atoms with Crippen LogP contribution in [0.5, 0.6) is 0 Å². The Hall–Kier alpha value is -0.370. The van der Waals surface area contributed by atoms with Crippen molar-refractivity contribution in [2.45, 2.75) is 45.6 Å². The third-order valence-corrected chi connectivity index (χ3v) is 4.32. The molecule has 13 heavy (non-hydrogen) atoms. The summed E-state index contributed by atoms with van der Waals surface area (Å²) in [6.45, 7) is 4.25. The van der Waals surface area contributed by atoms with Gasteiger partial charge in [-0.05, 0) is 31.6 Å². The van der Waals surface area contributed by atoms with Gasteiger partial charge in [0.25, 0.3) is 0 Å². The van der Waals surface area contributed by atoms with E-state index >= 15 is 0 Å². The maximum atomic E-state index is 12.0. The van der Waals surface area contributed by atoms with Gasteiger partial charge in [-0.15, -0.1) is 0 Å². The fraction of sp³-hybridized carbons (Fsp3) is 0.909. The van der Waals surface area contributed by atoms with Gasteiger partial charge in [-0.3, -0.25) is 4.79 Å². The summed E-state index contributed by atoms with van der Waals surface area (Å²) in [7, 11) is 0. The van der Waals surface area contributed by atoms with E-state index in [1.807, 2.05) is 0 Å². The zero-order valence-corrected chi connectivity index (χ0v) is 8.42. The Balaban J connectivity index is 2.30. The summed E-state index contributed by atoms with van der Waals surface area (Å²) in [4.78, 5) is 12.0. The first-order chi connectivity index (χ1) is 6.05. The van der Waals surface area contributed by atoms with Gasteiger partial charge in [0.15, 0.2) is 0 Å². The number of aliphatic hydroxyl groups is 1. The second-order valence-corrected chi connectivity index (χ2v) is 4.97. The minimum Gasteiger partial charge on any atom is -0.392 e. The van der Waals surface area contributed by atoms with Crippen LogP contribution in [0.4, 0.5) is 0 Å². The summed E-state index contributed by atoms with van der Waals surface area (Å²) in [6, 6.07) is 0. The first-order valence-corrected chi connectivity index (χ1v) is 5.28. The monoisotopic (exact) mass is 182 g/mol. The van der Waals surface area contributed by atoms with Crippen LogP contribution in [0.25, 0.3) is 0 Å². The van der Waals surface area contributed by atoms with Crippen LogP contribution in [0.1, 0.15) is 39.5 Å². The Bertz CT molecular complexity index is 236. The second kappa shape index (κ2) is 2.81. The Morgan fingerprint density at radius 1 is 1.38 bits per heavy atom. The van der Waals surface area contributed by atoms with Crippen molar-refractivity contribution in [1.82, 2.24) is 0 Å². The van der Waals surface area contributed by atoms with Crippen molar-refractivity contribution in [3.63, 3.8) is 0 Å². The van der Waals surface area contributed by atoms with Crippen LogP contribution in [0, 0.1) is 17.3 Å². The number of fused-ring (bicyclic) bond motifs is 2. The lowest BCUT2D eigenvalue weighted by Crippen LogP contribution is -2.51. The molecule has 0 spiro atoms. The Morgan fingerprint density at radius 3 is 2.77 bits per heavy atom. The molecule has 74 valence electrons. The molecule has 0 aromatic carbocycles. The Labute approximate surface area is 79.3 Å². The minimum atomic E-state index is -0.354. The van der Waals surface area contributed by atoms with E-state index in [1.165, 1.54) is 0 Å². The average Bonchev–Trinajstić information content (AvgIpc) is 2.09. The van der Waals surface area contributed by atoms with Gasteiger partial charge in [-0.2, -0.15) is 0 Å². The Kier molecular flexibility index (Phi) is 1.99. The van der Waals surface area contributed by atoms with Gasteiger partial charge >= 0.3 is 0 Å². The van der Waals surface area contributed by atoms with Crippen molar-refractivity contribution in [3.8, 4) is 0 Å². The van der Waals surface area contributed by atoms with Crippen molar-refractivity contribution in [3.05, 3.63) is 0 Å². The van der Waals surface area contributed by atoms with E-state index in [-0.39, 0.29) is 17.4 Å². The molecule has 0 aromatic heterocycles. The lowest BCUT2D eigenvalue weighted by molar-refractivity contribution is -0.150. The molecule has 0 radical (unpaired) electrons. The molecule has 1 N–H and O–H groups in total. The van der Waals surface area contributed by atoms with Gasteiger partial charge in [0, 0.05) is 11.3 Å². The number of hydrogen-bond donors (Lipinski definition) is 1. The summed E-state index contributed by atoms with van der Waals surface area (Å²) in [5.41, 5.74) is -0.123.